The molecule has 0 fully saturated rings. The van der Waals surface area contributed by atoms with Gasteiger partial charge in [0.05, 0.1) is 0 Å². The zero-order chi connectivity index (χ0) is 19.8. The molecule has 1 aliphatic heterocycles. The van der Waals surface area contributed by atoms with Crippen molar-refractivity contribution in [2.45, 2.75) is 6.54 Å². The quantitative estimate of drug-likeness (QED) is 0.559. The van der Waals surface area contributed by atoms with E-state index >= 15 is 0 Å². The van der Waals surface area contributed by atoms with Gasteiger partial charge in [0.1, 0.15) is 0 Å². The van der Waals surface area contributed by atoms with Gasteiger partial charge in [0.25, 0.3) is 5.91 Å². The minimum Gasteiger partial charge on any atom is -0.454 e. The summed E-state index contributed by atoms with van der Waals surface area (Å²) in [6.45, 7) is 0.599. The fourth-order valence-electron chi connectivity index (χ4n) is 3.19. The molecule has 0 saturated carbocycles. The molecule has 4 aromatic rings. The number of amides is 1. The summed E-state index contributed by atoms with van der Waals surface area (Å²) < 4.78 is 12.5. The summed E-state index contributed by atoms with van der Waals surface area (Å²) in [5, 5.41) is 11.9. The maximum atomic E-state index is 12.6. The molecule has 2 aromatic heterocycles. The highest BCUT2D eigenvalue weighted by Crippen LogP contribution is 2.32. The minimum atomic E-state index is -0.197. The van der Waals surface area contributed by atoms with Crippen molar-refractivity contribution >= 4 is 23.2 Å². The minimum absolute atomic E-state index is 0.197. The van der Waals surface area contributed by atoms with Gasteiger partial charge in [-0.3, -0.25) is 9.20 Å². The van der Waals surface area contributed by atoms with E-state index in [0.717, 1.165) is 11.1 Å². The van der Waals surface area contributed by atoms with Crippen LogP contribution in [0.1, 0.15) is 15.9 Å². The maximum Gasteiger partial charge on any atom is 0.251 e. The molecule has 1 amide bonds. The highest BCUT2D eigenvalue weighted by atomic mass is 35.5. The molecule has 29 heavy (non-hydrogen) atoms. The van der Waals surface area contributed by atoms with Gasteiger partial charge in [0, 0.05) is 28.9 Å². The molecule has 8 heteroatoms. The van der Waals surface area contributed by atoms with Gasteiger partial charge < -0.3 is 14.8 Å². The predicted octanol–water partition coefficient (Wildman–Crippen LogP) is 3.71. The number of carbonyl (C=O) groups excluding carboxylic acids is 1. The molecule has 5 rings (SSSR count). The number of halogens is 1. The molecular formula is C21H15ClN4O3. The molecule has 1 aliphatic rings. The molecule has 0 unspecified atom stereocenters. The Hall–Kier alpha value is -3.58. The number of hydrogen-bond acceptors (Lipinski definition) is 5. The van der Waals surface area contributed by atoms with E-state index in [2.05, 4.69) is 15.5 Å². The van der Waals surface area contributed by atoms with Crippen molar-refractivity contribution in [3.8, 4) is 22.9 Å². The number of fused-ring (bicyclic) bond motifs is 2. The second-order valence-electron chi connectivity index (χ2n) is 6.55. The Balaban J connectivity index is 1.34. The summed E-state index contributed by atoms with van der Waals surface area (Å²) in [5.74, 6) is 1.87. The number of nitrogens with one attached hydrogen (secondary N) is 1. The van der Waals surface area contributed by atoms with Crippen molar-refractivity contribution in [3.05, 3.63) is 76.9 Å². The van der Waals surface area contributed by atoms with Crippen molar-refractivity contribution in [2.75, 3.05) is 6.79 Å². The lowest BCUT2D eigenvalue weighted by atomic mass is 10.2. The smallest absolute Gasteiger partial charge is 0.251 e. The molecule has 0 aliphatic carbocycles. The van der Waals surface area contributed by atoms with Gasteiger partial charge in [-0.2, -0.15) is 0 Å². The zero-order valence-corrected chi connectivity index (χ0v) is 15.9. The molecule has 2 aromatic carbocycles. The monoisotopic (exact) mass is 406 g/mol. The van der Waals surface area contributed by atoms with Gasteiger partial charge >= 0.3 is 0 Å². The molecule has 0 radical (unpaired) electrons. The van der Waals surface area contributed by atoms with Crippen molar-refractivity contribution in [1.29, 1.82) is 0 Å². The van der Waals surface area contributed by atoms with Gasteiger partial charge in [-0.15, -0.1) is 10.2 Å². The van der Waals surface area contributed by atoms with Gasteiger partial charge in [-0.1, -0.05) is 29.8 Å². The third-order valence-electron chi connectivity index (χ3n) is 4.65. The number of rotatable bonds is 4. The van der Waals surface area contributed by atoms with Gasteiger partial charge in [-0.25, -0.2) is 0 Å². The summed E-state index contributed by atoms with van der Waals surface area (Å²) in [7, 11) is 0. The second kappa shape index (κ2) is 7.10. The van der Waals surface area contributed by atoms with Crippen LogP contribution in [0.25, 0.3) is 17.0 Å². The lowest BCUT2D eigenvalue weighted by Crippen LogP contribution is -2.22. The Kier molecular flexibility index (Phi) is 4.29. The normalized spacial score (nSPS) is 12.3. The van der Waals surface area contributed by atoms with E-state index in [1.54, 1.807) is 24.4 Å². The van der Waals surface area contributed by atoms with Gasteiger partial charge in [0.2, 0.25) is 6.79 Å². The zero-order valence-electron chi connectivity index (χ0n) is 15.1. The highest BCUT2D eigenvalue weighted by Gasteiger charge is 2.15. The number of pyridine rings is 1. The Morgan fingerprint density at radius 2 is 1.97 bits per heavy atom. The number of ether oxygens (including phenoxy) is 2. The summed E-state index contributed by atoms with van der Waals surface area (Å²) in [4.78, 5) is 12.6. The third kappa shape index (κ3) is 3.36. The first-order valence-corrected chi connectivity index (χ1v) is 9.33. The van der Waals surface area contributed by atoms with Crippen molar-refractivity contribution in [2.24, 2.45) is 0 Å². The van der Waals surface area contributed by atoms with E-state index in [4.69, 9.17) is 21.1 Å². The molecule has 3 heterocycles. The van der Waals surface area contributed by atoms with Crippen LogP contribution in [-0.4, -0.2) is 27.3 Å². The Bertz CT molecular complexity index is 1240. The average molecular weight is 407 g/mol. The number of nitrogens with zero attached hydrogens (tertiary/aromatic N) is 3. The van der Waals surface area contributed by atoms with Crippen LogP contribution < -0.4 is 14.8 Å². The number of aromatic nitrogens is 3. The van der Waals surface area contributed by atoms with E-state index in [9.17, 15) is 4.79 Å². The van der Waals surface area contributed by atoms with Crippen LogP contribution in [0.4, 0.5) is 0 Å². The summed E-state index contributed by atoms with van der Waals surface area (Å²) in [5.41, 5.74) is 2.86. The topological polar surface area (TPSA) is 77.8 Å². The Morgan fingerprint density at radius 1 is 1.07 bits per heavy atom. The predicted molar refractivity (Wildman–Crippen MR) is 107 cm³/mol. The number of benzene rings is 2. The van der Waals surface area contributed by atoms with Crippen molar-refractivity contribution in [3.63, 3.8) is 0 Å². The van der Waals surface area contributed by atoms with Crippen LogP contribution in [-0.2, 0) is 6.54 Å². The van der Waals surface area contributed by atoms with E-state index in [-0.39, 0.29) is 12.7 Å². The molecule has 7 nitrogen and oxygen atoms in total. The fraction of sp³-hybridized carbons (Fsp3) is 0.0952. The van der Waals surface area contributed by atoms with Crippen LogP contribution in [0.3, 0.4) is 0 Å². The van der Waals surface area contributed by atoms with Gasteiger partial charge in [-0.05, 0) is 42.0 Å². The van der Waals surface area contributed by atoms with Crippen LogP contribution in [0.2, 0.25) is 5.02 Å². The summed E-state index contributed by atoms with van der Waals surface area (Å²) in [6, 6.07) is 16.4. The number of hydrogen-bond donors (Lipinski definition) is 1. The van der Waals surface area contributed by atoms with E-state index in [1.807, 2.05) is 40.8 Å². The first kappa shape index (κ1) is 17.5. The van der Waals surface area contributed by atoms with Crippen LogP contribution in [0.5, 0.6) is 11.5 Å². The highest BCUT2D eigenvalue weighted by molar-refractivity contribution is 6.30. The van der Waals surface area contributed by atoms with Gasteiger partial charge in [0.15, 0.2) is 23.0 Å². The average Bonchev–Trinajstić information content (AvgIpc) is 3.37. The molecule has 0 bridgehead atoms. The second-order valence-corrected chi connectivity index (χ2v) is 6.98. The number of carbonyl (C=O) groups is 1. The molecule has 0 spiro atoms. The standard InChI is InChI=1S/C21H15ClN4O3/c22-16-3-1-2-14(9-16)20-25-24-19-10-15(6-7-26(19)20)21(27)23-11-13-4-5-17-18(8-13)29-12-28-17/h1-10H,11-12H2,(H,23,27). The first-order chi connectivity index (χ1) is 14.2. The molecule has 144 valence electrons. The first-order valence-electron chi connectivity index (χ1n) is 8.95. The molecule has 1 N–H and O–H groups in total. The van der Waals surface area contributed by atoms with E-state index in [1.165, 1.54) is 0 Å². The van der Waals surface area contributed by atoms with Crippen molar-refractivity contribution in [1.82, 2.24) is 19.9 Å². The van der Waals surface area contributed by atoms with Crippen LogP contribution in [0.15, 0.2) is 60.8 Å². The van der Waals surface area contributed by atoms with Crippen molar-refractivity contribution < 1.29 is 14.3 Å². The van der Waals surface area contributed by atoms with Crippen LogP contribution in [0, 0.1) is 0 Å². The maximum absolute atomic E-state index is 12.6. The largest absolute Gasteiger partial charge is 0.454 e. The summed E-state index contributed by atoms with van der Waals surface area (Å²) >= 11 is 6.07. The Morgan fingerprint density at radius 3 is 2.86 bits per heavy atom. The summed E-state index contributed by atoms with van der Waals surface area (Å²) in [6.07, 6.45) is 1.78. The molecule has 0 saturated heterocycles. The molecular weight excluding hydrogens is 392 g/mol. The SMILES string of the molecule is O=C(NCc1ccc2c(c1)OCO2)c1ccn2c(-c3cccc(Cl)c3)nnc2c1. The lowest BCUT2D eigenvalue weighted by molar-refractivity contribution is 0.0951. The third-order valence-corrected chi connectivity index (χ3v) is 4.88. The van der Waals surface area contributed by atoms with E-state index < -0.39 is 0 Å². The lowest BCUT2D eigenvalue weighted by Gasteiger charge is -2.07. The van der Waals surface area contributed by atoms with E-state index in [0.29, 0.717) is 40.1 Å². The Labute approximate surface area is 170 Å². The molecule has 0 atom stereocenters. The fourth-order valence-corrected chi connectivity index (χ4v) is 3.38. The van der Waals surface area contributed by atoms with Crippen LogP contribution >= 0.6 is 11.6 Å².